The summed E-state index contributed by atoms with van der Waals surface area (Å²) in [5.74, 6) is -1.43. The van der Waals surface area contributed by atoms with Gasteiger partial charge in [0.25, 0.3) is 0 Å². The topological polar surface area (TPSA) is 101 Å². The molecular weight excluding hydrogens is 707 g/mol. The van der Waals surface area contributed by atoms with Gasteiger partial charge in [0.2, 0.25) is 0 Å². The van der Waals surface area contributed by atoms with E-state index in [-0.39, 0.29) is 50.6 Å². The highest BCUT2D eigenvalue weighted by atomic mass is 16.7. The molecule has 56 heavy (non-hydrogen) atoms. The monoisotopic (exact) mass is 794 g/mol. The van der Waals surface area contributed by atoms with E-state index in [1.807, 2.05) is 19.0 Å². The molecule has 0 fully saturated rings. The minimum atomic E-state index is -0.447. The zero-order valence-electron chi connectivity index (χ0n) is 37.0. The van der Waals surface area contributed by atoms with Crippen LogP contribution in [-0.2, 0) is 38.1 Å². The van der Waals surface area contributed by atoms with Crippen molar-refractivity contribution in [2.45, 2.75) is 200 Å². The molecule has 1 atom stereocenters. The molecular formula is C47H87NO8. The number of carbonyl (C=O) groups is 3. The predicted octanol–water partition coefficient (Wildman–Crippen LogP) is 11.9. The number of carbonyl (C=O) groups excluding carboxylic acids is 3. The number of unbranched alkanes of at least 4 members (excludes halogenated alkanes) is 18. The molecule has 0 radical (unpaired) electrons. The van der Waals surface area contributed by atoms with E-state index < -0.39 is 12.2 Å². The average Bonchev–Trinajstić information content (AvgIpc) is 3.19. The minimum absolute atomic E-state index is 0.00132. The van der Waals surface area contributed by atoms with Crippen molar-refractivity contribution >= 4 is 17.9 Å². The summed E-state index contributed by atoms with van der Waals surface area (Å²) in [5.41, 5.74) is 0. The number of ether oxygens (including phenoxy) is 5. The lowest BCUT2D eigenvalue weighted by Crippen LogP contribution is -2.27. The Morgan fingerprint density at radius 3 is 1.41 bits per heavy atom. The van der Waals surface area contributed by atoms with Crippen LogP contribution in [0, 0.1) is 5.92 Å². The average molecular weight is 794 g/mol. The number of rotatable bonds is 42. The van der Waals surface area contributed by atoms with Crippen molar-refractivity contribution in [1.82, 2.24) is 4.90 Å². The van der Waals surface area contributed by atoms with Gasteiger partial charge in [0, 0.05) is 32.6 Å². The Labute approximate surface area is 344 Å². The summed E-state index contributed by atoms with van der Waals surface area (Å²) in [6, 6.07) is 0. The second-order valence-electron chi connectivity index (χ2n) is 15.7. The quantitative estimate of drug-likeness (QED) is 0.0196. The van der Waals surface area contributed by atoms with Crippen LogP contribution in [0.25, 0.3) is 0 Å². The van der Waals surface area contributed by atoms with Crippen LogP contribution in [0.15, 0.2) is 24.3 Å². The molecule has 9 nitrogen and oxygen atoms in total. The van der Waals surface area contributed by atoms with Gasteiger partial charge in [0.1, 0.15) is 19.8 Å². The predicted molar refractivity (Wildman–Crippen MR) is 231 cm³/mol. The third-order valence-electron chi connectivity index (χ3n) is 9.72. The molecule has 0 bridgehead atoms. The SMILES string of the molecule is CCCCCC=CCC=CCCCCCCCC(=O)OCC(COC(=O)CCC(OCCCCCCCC)OCCCCCCCC)COC(=O)CCN(C)C. The molecule has 0 rings (SSSR count). The van der Waals surface area contributed by atoms with E-state index >= 15 is 0 Å². The first-order chi connectivity index (χ1) is 27.3. The lowest BCUT2D eigenvalue weighted by molar-refractivity contribution is -0.162. The highest BCUT2D eigenvalue weighted by Crippen LogP contribution is 2.14. The van der Waals surface area contributed by atoms with Crippen LogP contribution in [0.2, 0.25) is 0 Å². The van der Waals surface area contributed by atoms with Gasteiger partial charge >= 0.3 is 17.9 Å². The van der Waals surface area contributed by atoms with Crippen molar-refractivity contribution in [3.63, 3.8) is 0 Å². The molecule has 0 aromatic carbocycles. The molecule has 0 amide bonds. The fourth-order valence-corrected chi connectivity index (χ4v) is 6.03. The van der Waals surface area contributed by atoms with Gasteiger partial charge in [-0.15, -0.1) is 0 Å². The molecule has 0 aromatic heterocycles. The largest absolute Gasteiger partial charge is 0.465 e. The molecule has 0 aliphatic rings. The van der Waals surface area contributed by atoms with Crippen LogP contribution < -0.4 is 0 Å². The lowest BCUT2D eigenvalue weighted by Gasteiger charge is -2.20. The van der Waals surface area contributed by atoms with Crippen molar-refractivity contribution < 1.29 is 38.1 Å². The fourth-order valence-electron chi connectivity index (χ4n) is 6.03. The van der Waals surface area contributed by atoms with Gasteiger partial charge in [-0.1, -0.05) is 141 Å². The van der Waals surface area contributed by atoms with Crippen LogP contribution in [0.3, 0.4) is 0 Å². The van der Waals surface area contributed by atoms with Gasteiger partial charge in [-0.25, -0.2) is 0 Å². The fraction of sp³-hybridized carbons (Fsp3) is 0.851. The van der Waals surface area contributed by atoms with Gasteiger partial charge in [-0.3, -0.25) is 14.4 Å². The lowest BCUT2D eigenvalue weighted by atomic mass is 10.1. The van der Waals surface area contributed by atoms with Crippen LogP contribution >= 0.6 is 0 Å². The Kier molecular flexibility index (Phi) is 40.7. The van der Waals surface area contributed by atoms with Crippen LogP contribution in [0.4, 0.5) is 0 Å². The molecule has 0 aromatic rings. The second-order valence-corrected chi connectivity index (χ2v) is 15.7. The highest BCUT2D eigenvalue weighted by Gasteiger charge is 2.19. The number of hydrogen-bond donors (Lipinski definition) is 0. The maximum Gasteiger partial charge on any atom is 0.307 e. The first-order valence-corrected chi connectivity index (χ1v) is 23.0. The normalized spacial score (nSPS) is 12.3. The van der Waals surface area contributed by atoms with E-state index in [2.05, 4.69) is 45.1 Å². The summed E-state index contributed by atoms with van der Waals surface area (Å²) in [6.07, 6.45) is 36.3. The summed E-state index contributed by atoms with van der Waals surface area (Å²) in [6.45, 7) is 8.52. The highest BCUT2D eigenvalue weighted by molar-refractivity contribution is 5.70. The third kappa shape index (κ3) is 40.0. The van der Waals surface area contributed by atoms with Gasteiger partial charge in [-0.05, 0) is 65.5 Å². The van der Waals surface area contributed by atoms with Gasteiger partial charge in [0.05, 0.1) is 18.8 Å². The van der Waals surface area contributed by atoms with Gasteiger partial charge in [-0.2, -0.15) is 0 Å². The summed E-state index contributed by atoms with van der Waals surface area (Å²) in [5, 5.41) is 0. The van der Waals surface area contributed by atoms with E-state index in [9.17, 15) is 14.4 Å². The number of nitrogens with zero attached hydrogens (tertiary/aromatic N) is 1. The van der Waals surface area contributed by atoms with Gasteiger partial charge in [0.15, 0.2) is 6.29 Å². The van der Waals surface area contributed by atoms with Crippen LogP contribution in [0.1, 0.15) is 194 Å². The molecule has 9 heteroatoms. The molecule has 0 saturated heterocycles. The molecule has 0 aliphatic carbocycles. The maximum atomic E-state index is 12.9. The van der Waals surface area contributed by atoms with Gasteiger partial charge < -0.3 is 28.6 Å². The summed E-state index contributed by atoms with van der Waals surface area (Å²) >= 11 is 0. The number of esters is 3. The third-order valence-corrected chi connectivity index (χ3v) is 9.72. The molecule has 0 aliphatic heterocycles. The Morgan fingerprint density at radius 2 is 0.893 bits per heavy atom. The van der Waals surface area contributed by atoms with E-state index in [0.29, 0.717) is 32.6 Å². The molecule has 0 spiro atoms. The first-order valence-electron chi connectivity index (χ1n) is 23.0. The Bertz CT molecular complexity index is 934. The summed E-state index contributed by atoms with van der Waals surface area (Å²) in [7, 11) is 3.79. The Balaban J connectivity index is 4.68. The molecule has 0 saturated carbocycles. The van der Waals surface area contributed by atoms with Crippen molar-refractivity contribution in [2.75, 3.05) is 53.7 Å². The smallest absolute Gasteiger partial charge is 0.307 e. The van der Waals surface area contributed by atoms with Crippen molar-refractivity contribution in [3.8, 4) is 0 Å². The van der Waals surface area contributed by atoms with E-state index in [4.69, 9.17) is 23.7 Å². The van der Waals surface area contributed by atoms with Crippen LogP contribution in [-0.4, -0.2) is 82.8 Å². The van der Waals surface area contributed by atoms with Crippen molar-refractivity contribution in [2.24, 2.45) is 5.92 Å². The standard InChI is InChI=1S/C47H87NO8/c1-6-9-12-15-18-19-20-21-22-23-24-25-26-27-30-33-44(49)54-40-43(42-56-46(51)36-37-48(4)5)41-55-45(50)34-35-47(52-38-31-28-16-13-10-7-2)53-39-32-29-17-14-11-8-3/h18-19,21-22,43,47H,6-17,20,23-42H2,1-5H3. The first kappa shape index (κ1) is 53.8. The zero-order valence-corrected chi connectivity index (χ0v) is 37.0. The maximum absolute atomic E-state index is 12.9. The number of allylic oxidation sites excluding steroid dienone is 4. The molecule has 0 N–H and O–H groups in total. The van der Waals surface area contributed by atoms with E-state index in [1.165, 1.54) is 77.0 Å². The summed E-state index contributed by atoms with van der Waals surface area (Å²) < 4.78 is 28.8. The van der Waals surface area contributed by atoms with E-state index in [0.717, 1.165) is 70.6 Å². The van der Waals surface area contributed by atoms with E-state index in [1.54, 1.807) is 0 Å². The Morgan fingerprint density at radius 1 is 0.482 bits per heavy atom. The molecule has 1 unspecified atom stereocenters. The zero-order chi connectivity index (χ0) is 41.2. The molecule has 328 valence electrons. The summed E-state index contributed by atoms with van der Waals surface area (Å²) in [4.78, 5) is 39.7. The number of hydrogen-bond acceptors (Lipinski definition) is 9. The minimum Gasteiger partial charge on any atom is -0.465 e. The van der Waals surface area contributed by atoms with Crippen molar-refractivity contribution in [1.29, 1.82) is 0 Å². The van der Waals surface area contributed by atoms with Crippen LogP contribution in [0.5, 0.6) is 0 Å². The van der Waals surface area contributed by atoms with Crippen molar-refractivity contribution in [3.05, 3.63) is 24.3 Å². The second kappa shape index (κ2) is 42.4. The molecule has 0 heterocycles. The Hall–Kier alpha value is -2.23.